The smallest absolute Gasteiger partial charge is 0.137 e. The molecule has 0 aliphatic heterocycles. The number of benzene rings is 2. The molecule has 6 heteroatoms. The van der Waals surface area contributed by atoms with Crippen molar-refractivity contribution in [3.05, 3.63) is 108 Å². The van der Waals surface area contributed by atoms with E-state index in [1.165, 1.54) is 6.07 Å². The first-order valence-corrected chi connectivity index (χ1v) is 10.9. The Labute approximate surface area is 193 Å². The molecule has 0 fully saturated rings. The second kappa shape index (κ2) is 10.3. The minimum absolute atomic E-state index is 0.101. The van der Waals surface area contributed by atoms with E-state index in [4.69, 9.17) is 14.5 Å². The normalized spacial score (nSPS) is 12.0. The fourth-order valence-electron chi connectivity index (χ4n) is 3.73. The molecule has 33 heavy (non-hydrogen) atoms. The average molecular weight is 446 g/mol. The Kier molecular flexibility index (Phi) is 7.05. The van der Waals surface area contributed by atoms with Crippen molar-refractivity contribution >= 4 is 11.3 Å². The number of nitrogens with zero attached hydrogens (tertiary/aromatic N) is 3. The van der Waals surface area contributed by atoms with Crippen LogP contribution in [0.25, 0.3) is 11.3 Å². The first-order chi connectivity index (χ1) is 16.0. The highest BCUT2D eigenvalue weighted by Gasteiger charge is 2.19. The van der Waals surface area contributed by atoms with Crippen molar-refractivity contribution in [3.63, 3.8) is 0 Å². The van der Waals surface area contributed by atoms with Crippen LogP contribution < -0.4 is 4.74 Å². The third-order valence-corrected chi connectivity index (χ3v) is 5.57. The molecule has 0 aliphatic rings. The SMILES string of the molecule is C=C(c1cn2ccccc2n1)N(Cc1ccc(OCc2ccccc2F)cc1)[C@@H](C)COC. The van der Waals surface area contributed by atoms with Gasteiger partial charge in [-0.15, -0.1) is 0 Å². The number of methoxy groups -OCH3 is 1. The van der Waals surface area contributed by atoms with Crippen molar-refractivity contribution in [1.82, 2.24) is 14.3 Å². The van der Waals surface area contributed by atoms with Crippen LogP contribution in [0.1, 0.15) is 23.7 Å². The summed E-state index contributed by atoms with van der Waals surface area (Å²) in [5.74, 6) is 0.431. The zero-order valence-electron chi connectivity index (χ0n) is 18.9. The van der Waals surface area contributed by atoms with Crippen molar-refractivity contribution in [1.29, 1.82) is 0 Å². The Morgan fingerprint density at radius 3 is 2.58 bits per heavy atom. The van der Waals surface area contributed by atoms with Crippen molar-refractivity contribution in [3.8, 4) is 5.75 Å². The number of ether oxygens (including phenoxy) is 2. The van der Waals surface area contributed by atoms with E-state index in [0.29, 0.717) is 24.5 Å². The second-order valence-corrected chi connectivity index (χ2v) is 8.00. The zero-order chi connectivity index (χ0) is 23.2. The van der Waals surface area contributed by atoms with E-state index in [2.05, 4.69) is 18.4 Å². The number of pyridine rings is 1. The van der Waals surface area contributed by atoms with Gasteiger partial charge in [-0.25, -0.2) is 9.37 Å². The second-order valence-electron chi connectivity index (χ2n) is 8.00. The molecule has 0 N–H and O–H groups in total. The summed E-state index contributed by atoms with van der Waals surface area (Å²) in [7, 11) is 1.70. The van der Waals surface area contributed by atoms with Gasteiger partial charge in [-0.3, -0.25) is 0 Å². The lowest BCUT2D eigenvalue weighted by atomic mass is 10.1. The number of aromatic nitrogens is 2. The molecule has 0 saturated heterocycles. The van der Waals surface area contributed by atoms with Gasteiger partial charge in [-0.1, -0.05) is 43.0 Å². The number of fused-ring (bicyclic) bond motifs is 1. The summed E-state index contributed by atoms with van der Waals surface area (Å²) in [5.41, 5.74) is 4.17. The third-order valence-electron chi connectivity index (χ3n) is 5.57. The predicted molar refractivity (Wildman–Crippen MR) is 128 cm³/mol. The van der Waals surface area contributed by atoms with Gasteiger partial charge in [0.2, 0.25) is 0 Å². The van der Waals surface area contributed by atoms with Crippen LogP contribution in [0.15, 0.2) is 85.7 Å². The van der Waals surface area contributed by atoms with Crippen LogP contribution in [0.2, 0.25) is 0 Å². The van der Waals surface area contributed by atoms with Gasteiger partial charge in [0.15, 0.2) is 0 Å². The first-order valence-electron chi connectivity index (χ1n) is 10.9. The van der Waals surface area contributed by atoms with E-state index in [0.717, 1.165) is 22.6 Å². The molecule has 0 spiro atoms. The van der Waals surface area contributed by atoms with Crippen LogP contribution in [-0.2, 0) is 17.9 Å². The molecule has 170 valence electrons. The van der Waals surface area contributed by atoms with Crippen molar-refractivity contribution in [2.45, 2.75) is 26.1 Å². The fourth-order valence-corrected chi connectivity index (χ4v) is 3.73. The zero-order valence-corrected chi connectivity index (χ0v) is 18.9. The molecule has 0 bridgehead atoms. The molecular weight excluding hydrogens is 417 g/mol. The molecule has 2 aromatic carbocycles. The summed E-state index contributed by atoms with van der Waals surface area (Å²) in [5, 5.41) is 0. The first kappa shape index (κ1) is 22.6. The van der Waals surface area contributed by atoms with Gasteiger partial charge in [0.1, 0.15) is 29.5 Å². The van der Waals surface area contributed by atoms with Crippen molar-refractivity contribution in [2.75, 3.05) is 13.7 Å². The number of imidazole rings is 1. The van der Waals surface area contributed by atoms with Gasteiger partial charge in [-0.05, 0) is 42.8 Å². The monoisotopic (exact) mass is 445 g/mol. The summed E-state index contributed by atoms with van der Waals surface area (Å²) in [6.07, 6.45) is 3.96. The lowest BCUT2D eigenvalue weighted by Gasteiger charge is -2.32. The molecular formula is C27H28FN3O2. The fraction of sp³-hybridized carbons (Fsp3) is 0.222. The Bertz CT molecular complexity index is 1190. The van der Waals surface area contributed by atoms with Crippen LogP contribution in [0, 0.1) is 5.82 Å². The number of rotatable bonds is 10. The van der Waals surface area contributed by atoms with E-state index in [-0.39, 0.29) is 18.5 Å². The summed E-state index contributed by atoms with van der Waals surface area (Å²) in [6.45, 7) is 7.85. The van der Waals surface area contributed by atoms with E-state index >= 15 is 0 Å². The summed E-state index contributed by atoms with van der Waals surface area (Å²) >= 11 is 0. The minimum Gasteiger partial charge on any atom is -0.489 e. The predicted octanol–water partition coefficient (Wildman–Crippen LogP) is 5.56. The molecule has 0 amide bonds. The van der Waals surface area contributed by atoms with Crippen molar-refractivity contribution in [2.24, 2.45) is 0 Å². The Morgan fingerprint density at radius 2 is 1.85 bits per heavy atom. The Balaban J connectivity index is 1.47. The number of halogens is 1. The van der Waals surface area contributed by atoms with Crippen LogP contribution in [-0.4, -0.2) is 34.0 Å². The highest BCUT2D eigenvalue weighted by molar-refractivity contribution is 5.61. The van der Waals surface area contributed by atoms with Crippen LogP contribution >= 0.6 is 0 Å². The maximum Gasteiger partial charge on any atom is 0.137 e. The molecule has 0 saturated carbocycles. The van der Waals surface area contributed by atoms with Crippen LogP contribution in [0.5, 0.6) is 5.75 Å². The summed E-state index contributed by atoms with van der Waals surface area (Å²) in [4.78, 5) is 6.92. The van der Waals surface area contributed by atoms with E-state index in [1.807, 2.05) is 59.3 Å². The lowest BCUT2D eigenvalue weighted by molar-refractivity contribution is 0.128. The van der Waals surface area contributed by atoms with Crippen molar-refractivity contribution < 1.29 is 13.9 Å². The topological polar surface area (TPSA) is 39.0 Å². The molecule has 0 radical (unpaired) electrons. The third kappa shape index (κ3) is 5.41. The van der Waals surface area contributed by atoms with E-state index in [1.54, 1.807) is 25.3 Å². The minimum atomic E-state index is -0.262. The Morgan fingerprint density at radius 1 is 1.09 bits per heavy atom. The maximum atomic E-state index is 13.8. The summed E-state index contributed by atoms with van der Waals surface area (Å²) < 4.78 is 27.0. The highest BCUT2D eigenvalue weighted by atomic mass is 19.1. The van der Waals surface area contributed by atoms with Gasteiger partial charge in [-0.2, -0.15) is 0 Å². The molecule has 2 heterocycles. The molecule has 4 aromatic rings. The van der Waals surface area contributed by atoms with Gasteiger partial charge < -0.3 is 18.8 Å². The lowest BCUT2D eigenvalue weighted by Crippen LogP contribution is -2.34. The molecule has 2 aromatic heterocycles. The standard InChI is InChI=1S/C27H28FN3O2/c1-20(18-32-3)31(21(2)26-17-30-15-7-6-10-27(30)29-26)16-22-11-13-24(14-12-22)33-19-23-8-4-5-9-25(23)28/h4-15,17,20H,2,16,18-19H2,1,3H3/t20-/m0/s1. The van der Waals surface area contributed by atoms with Gasteiger partial charge in [0.05, 0.1) is 12.3 Å². The summed E-state index contributed by atoms with van der Waals surface area (Å²) in [6, 6.07) is 20.5. The van der Waals surface area contributed by atoms with Gasteiger partial charge >= 0.3 is 0 Å². The van der Waals surface area contributed by atoms with E-state index in [9.17, 15) is 4.39 Å². The van der Waals surface area contributed by atoms with Gasteiger partial charge in [0, 0.05) is 37.7 Å². The Hall–Kier alpha value is -3.64. The molecule has 1 atom stereocenters. The molecule has 0 unspecified atom stereocenters. The van der Waals surface area contributed by atoms with Gasteiger partial charge in [0.25, 0.3) is 0 Å². The molecule has 4 rings (SSSR count). The quantitative estimate of drug-likeness (QED) is 0.320. The maximum absolute atomic E-state index is 13.8. The number of hydrogen-bond donors (Lipinski definition) is 0. The number of hydrogen-bond acceptors (Lipinski definition) is 4. The van der Waals surface area contributed by atoms with Crippen LogP contribution in [0.3, 0.4) is 0 Å². The average Bonchev–Trinajstić information content (AvgIpc) is 3.27. The molecule has 5 nitrogen and oxygen atoms in total. The van der Waals surface area contributed by atoms with Crippen LogP contribution in [0.4, 0.5) is 4.39 Å². The van der Waals surface area contributed by atoms with E-state index < -0.39 is 0 Å². The largest absolute Gasteiger partial charge is 0.489 e. The highest BCUT2D eigenvalue weighted by Crippen LogP contribution is 2.24. The molecule has 0 aliphatic carbocycles.